The first-order valence-electron chi connectivity index (χ1n) is 9.04. The molecule has 1 N–H and O–H groups in total. The average molecular weight is 386 g/mol. The molecule has 2 heterocycles. The number of aromatic nitrogens is 1. The Bertz CT molecular complexity index is 949. The zero-order valence-corrected chi connectivity index (χ0v) is 15.8. The van der Waals surface area contributed by atoms with Crippen molar-refractivity contribution >= 4 is 23.4 Å². The smallest absolute Gasteiger partial charge is 0.345 e. The monoisotopic (exact) mass is 385 g/mol. The van der Waals surface area contributed by atoms with Crippen LogP contribution in [0.3, 0.4) is 0 Å². The number of esters is 1. The second-order valence-corrected chi connectivity index (χ2v) is 7.52. The van der Waals surface area contributed by atoms with Gasteiger partial charge in [-0.1, -0.05) is 43.0 Å². The number of ketones is 1. The number of carbonyl (C=O) groups excluding carboxylic acids is 2. The summed E-state index contributed by atoms with van der Waals surface area (Å²) >= 11 is 6.02. The van der Waals surface area contributed by atoms with Crippen LogP contribution in [0.25, 0.3) is 11.3 Å². The van der Waals surface area contributed by atoms with Crippen molar-refractivity contribution in [3.8, 4) is 11.3 Å². The highest BCUT2D eigenvalue weighted by atomic mass is 35.5. The minimum atomic E-state index is -0.802. The maximum atomic E-state index is 13.0. The van der Waals surface area contributed by atoms with Crippen LogP contribution < -0.4 is 0 Å². The first-order valence-corrected chi connectivity index (χ1v) is 9.42. The molecule has 0 amide bonds. The number of nitrogens with zero attached hydrogens (tertiary/aromatic N) is 1. The van der Waals surface area contributed by atoms with E-state index in [1.165, 1.54) is 7.11 Å². The van der Waals surface area contributed by atoms with Gasteiger partial charge < -0.3 is 14.4 Å². The number of aliphatic hydroxyl groups is 1. The second kappa shape index (κ2) is 6.57. The lowest BCUT2D eigenvalue weighted by atomic mass is 9.75. The molecule has 0 unspecified atom stereocenters. The number of Topliss-reactive ketones (excluding diaryl/α,β-unsaturated/α-hetero) is 1. The van der Waals surface area contributed by atoms with E-state index in [0.717, 1.165) is 30.5 Å². The van der Waals surface area contributed by atoms with E-state index in [-0.39, 0.29) is 11.3 Å². The van der Waals surface area contributed by atoms with E-state index in [1.807, 2.05) is 22.8 Å². The Balaban J connectivity index is 1.97. The number of aliphatic hydroxyl groups excluding tert-OH is 1. The third-order valence-corrected chi connectivity index (χ3v) is 5.91. The van der Waals surface area contributed by atoms with Crippen molar-refractivity contribution in [3.63, 3.8) is 0 Å². The van der Waals surface area contributed by atoms with E-state index in [2.05, 4.69) is 0 Å². The summed E-state index contributed by atoms with van der Waals surface area (Å²) in [6, 6.07) is 11.0. The molecule has 0 atom stereocenters. The fraction of sp³-hybridized carbons (Fsp3) is 0.333. The van der Waals surface area contributed by atoms with Gasteiger partial charge in [0.25, 0.3) is 0 Å². The van der Waals surface area contributed by atoms with Gasteiger partial charge in [0.05, 0.1) is 12.8 Å². The lowest BCUT2D eigenvalue weighted by Crippen LogP contribution is -2.45. The number of allylic oxidation sites excluding steroid dienone is 1. The summed E-state index contributed by atoms with van der Waals surface area (Å²) < 4.78 is 6.70. The van der Waals surface area contributed by atoms with Gasteiger partial charge in [-0.15, -0.1) is 0 Å². The number of carbonyl (C=O) groups is 2. The van der Waals surface area contributed by atoms with Crippen molar-refractivity contribution in [2.45, 2.75) is 37.6 Å². The number of methoxy groups -OCH3 is 1. The summed E-state index contributed by atoms with van der Waals surface area (Å²) in [6.07, 6.45) is 4.20. The van der Waals surface area contributed by atoms with Crippen LogP contribution in [-0.2, 0) is 15.1 Å². The lowest BCUT2D eigenvalue weighted by Gasteiger charge is -2.43. The largest absolute Gasteiger partial charge is 0.509 e. The maximum absolute atomic E-state index is 13.0. The van der Waals surface area contributed by atoms with Crippen molar-refractivity contribution in [2.24, 2.45) is 0 Å². The number of hydrogen-bond acceptors (Lipinski definition) is 4. The van der Waals surface area contributed by atoms with Crippen molar-refractivity contribution in [1.29, 1.82) is 0 Å². The molecule has 1 fully saturated rings. The summed E-state index contributed by atoms with van der Waals surface area (Å²) in [5.74, 6) is -1.46. The first kappa shape index (κ1) is 17.9. The van der Waals surface area contributed by atoms with Gasteiger partial charge in [0.15, 0.2) is 0 Å². The van der Waals surface area contributed by atoms with Gasteiger partial charge in [-0.3, -0.25) is 4.79 Å². The van der Waals surface area contributed by atoms with Crippen molar-refractivity contribution < 1.29 is 19.4 Å². The Morgan fingerprint density at radius 3 is 2.33 bits per heavy atom. The van der Waals surface area contributed by atoms with E-state index >= 15 is 0 Å². The Kier molecular flexibility index (Phi) is 4.35. The Hall–Kier alpha value is -2.53. The van der Waals surface area contributed by atoms with Crippen LogP contribution in [0.1, 0.15) is 42.6 Å². The van der Waals surface area contributed by atoms with E-state index in [4.69, 9.17) is 16.3 Å². The van der Waals surface area contributed by atoms with Gasteiger partial charge in [0, 0.05) is 10.7 Å². The molecule has 2 aromatic rings. The summed E-state index contributed by atoms with van der Waals surface area (Å²) in [7, 11) is 1.22. The molecule has 1 aromatic heterocycles. The molecule has 0 saturated heterocycles. The molecule has 1 aromatic carbocycles. The van der Waals surface area contributed by atoms with Crippen LogP contribution >= 0.6 is 11.6 Å². The number of ether oxygens (including phenoxy) is 1. The molecule has 140 valence electrons. The number of halogens is 1. The number of hydrogen-bond donors (Lipinski definition) is 1. The van der Waals surface area contributed by atoms with E-state index in [0.29, 0.717) is 23.6 Å². The third-order valence-electron chi connectivity index (χ3n) is 5.66. The maximum Gasteiger partial charge on any atom is 0.345 e. The molecular weight excluding hydrogens is 366 g/mol. The summed E-state index contributed by atoms with van der Waals surface area (Å²) in [5, 5.41) is 11.7. The van der Waals surface area contributed by atoms with Gasteiger partial charge in [-0.2, -0.15) is 0 Å². The van der Waals surface area contributed by atoms with Crippen LogP contribution in [0.2, 0.25) is 5.02 Å². The van der Waals surface area contributed by atoms with E-state index in [9.17, 15) is 14.7 Å². The van der Waals surface area contributed by atoms with Gasteiger partial charge in [0.1, 0.15) is 16.9 Å². The number of benzene rings is 1. The number of fused-ring (bicyclic) bond motifs is 2. The standard InChI is InChI=1S/C21H20ClNO4/c1-27-20(26)17-18(24)16-10-9-15(13-5-7-14(22)8-6-13)23(16)21(19(17)25)11-3-2-4-12-21/h5-10,25H,2-4,11-12H2,1H3. The molecule has 1 aliphatic carbocycles. The topological polar surface area (TPSA) is 68.5 Å². The molecule has 2 aliphatic rings. The van der Waals surface area contributed by atoms with Crippen LogP contribution in [-0.4, -0.2) is 28.5 Å². The summed E-state index contributed by atoms with van der Waals surface area (Å²) in [5.41, 5.74) is 1.08. The molecule has 0 bridgehead atoms. The Morgan fingerprint density at radius 1 is 1.07 bits per heavy atom. The third kappa shape index (κ3) is 2.60. The minimum absolute atomic E-state index is 0.169. The highest BCUT2D eigenvalue weighted by Crippen LogP contribution is 2.48. The molecule has 5 nitrogen and oxygen atoms in total. The molecule has 0 radical (unpaired) electrons. The zero-order valence-electron chi connectivity index (χ0n) is 15.0. The molecule has 4 rings (SSSR count). The zero-order chi connectivity index (χ0) is 19.2. The predicted octanol–water partition coefficient (Wildman–Crippen LogP) is 4.65. The van der Waals surface area contributed by atoms with E-state index in [1.54, 1.807) is 18.2 Å². The van der Waals surface area contributed by atoms with Crippen LogP contribution in [0.5, 0.6) is 0 Å². The lowest BCUT2D eigenvalue weighted by molar-refractivity contribution is -0.136. The fourth-order valence-corrected chi connectivity index (χ4v) is 4.51. The molecule has 6 heteroatoms. The van der Waals surface area contributed by atoms with E-state index < -0.39 is 17.3 Å². The number of rotatable bonds is 2. The Morgan fingerprint density at radius 2 is 1.70 bits per heavy atom. The highest BCUT2D eigenvalue weighted by Gasteiger charge is 2.49. The van der Waals surface area contributed by atoms with Gasteiger partial charge >= 0.3 is 5.97 Å². The minimum Gasteiger partial charge on any atom is -0.509 e. The molecule has 27 heavy (non-hydrogen) atoms. The molecular formula is C21H20ClNO4. The van der Waals surface area contributed by atoms with Gasteiger partial charge in [-0.05, 0) is 42.7 Å². The summed E-state index contributed by atoms with van der Waals surface area (Å²) in [6.45, 7) is 0. The highest BCUT2D eigenvalue weighted by molar-refractivity contribution is 6.30. The van der Waals surface area contributed by atoms with Crippen molar-refractivity contribution in [3.05, 3.63) is 58.4 Å². The van der Waals surface area contributed by atoms with Crippen molar-refractivity contribution in [1.82, 2.24) is 4.57 Å². The quantitative estimate of drug-likeness (QED) is 0.603. The molecule has 1 aliphatic heterocycles. The average Bonchev–Trinajstić information content (AvgIpc) is 3.14. The van der Waals surface area contributed by atoms with Crippen LogP contribution in [0.15, 0.2) is 47.7 Å². The van der Waals surface area contributed by atoms with Crippen LogP contribution in [0.4, 0.5) is 0 Å². The van der Waals surface area contributed by atoms with Gasteiger partial charge in [0.2, 0.25) is 5.78 Å². The van der Waals surface area contributed by atoms with Gasteiger partial charge in [-0.25, -0.2) is 4.79 Å². The second-order valence-electron chi connectivity index (χ2n) is 7.08. The molecule has 1 spiro atoms. The molecule has 1 saturated carbocycles. The SMILES string of the molecule is COC(=O)C1=C(O)C2(CCCCC2)n2c(ccc2-c2ccc(Cl)cc2)C1=O. The fourth-order valence-electron chi connectivity index (χ4n) is 4.38. The predicted molar refractivity (Wildman–Crippen MR) is 102 cm³/mol. The first-order chi connectivity index (χ1) is 13.0. The van der Waals surface area contributed by atoms with Crippen molar-refractivity contribution in [2.75, 3.05) is 7.11 Å². The normalized spacial score (nSPS) is 18.5. The van der Waals surface area contributed by atoms with Crippen LogP contribution in [0, 0.1) is 0 Å². The Labute approximate surface area is 162 Å². The summed E-state index contributed by atoms with van der Waals surface area (Å²) in [4.78, 5) is 25.2.